The third kappa shape index (κ3) is 18.7. The second-order valence-corrected chi connectivity index (χ2v) is 4.29. The molecule has 0 spiro atoms. The minimum atomic E-state index is -0.903. The zero-order chi connectivity index (χ0) is 17.2. The van der Waals surface area contributed by atoms with E-state index >= 15 is 0 Å². The number of carboxylic acid groups (broad SMARTS) is 1. The van der Waals surface area contributed by atoms with Gasteiger partial charge in [0, 0.05) is 0 Å². The molecule has 0 unspecified atom stereocenters. The van der Waals surface area contributed by atoms with Crippen molar-refractivity contribution in [2.75, 3.05) is 66.1 Å². The Labute approximate surface area is 135 Å². The molecule has 23 heavy (non-hydrogen) atoms. The van der Waals surface area contributed by atoms with Crippen molar-refractivity contribution >= 4 is 11.9 Å². The van der Waals surface area contributed by atoms with Crippen LogP contribution >= 0.6 is 0 Å². The van der Waals surface area contributed by atoms with Crippen LogP contribution in [0, 0.1) is 0 Å². The summed E-state index contributed by atoms with van der Waals surface area (Å²) >= 11 is 0. The number of aliphatic hydroxyl groups excluding tert-OH is 1. The molecule has 136 valence electrons. The fraction of sp³-hybridized carbons (Fsp3) is 0.857. The summed E-state index contributed by atoms with van der Waals surface area (Å²) in [6, 6.07) is 0. The number of rotatable bonds is 17. The Kier molecular flexibility index (Phi) is 16.2. The fourth-order valence-corrected chi connectivity index (χ4v) is 1.31. The Hall–Kier alpha value is -1.26. The van der Waals surface area contributed by atoms with Crippen LogP contribution in [0.2, 0.25) is 0 Å². The van der Waals surface area contributed by atoms with E-state index < -0.39 is 5.97 Å². The highest BCUT2D eigenvalue weighted by molar-refractivity contribution is 5.69. The number of aliphatic hydroxyl groups is 1. The number of ether oxygens (including phenoxy) is 5. The summed E-state index contributed by atoms with van der Waals surface area (Å²) in [5, 5.41) is 16.9. The van der Waals surface area contributed by atoms with Crippen LogP contribution in [-0.4, -0.2) is 88.2 Å². The topological polar surface area (TPSA) is 121 Å². The number of hydrogen-bond acceptors (Lipinski definition) is 8. The predicted molar refractivity (Wildman–Crippen MR) is 78.2 cm³/mol. The maximum atomic E-state index is 11.3. The largest absolute Gasteiger partial charge is 0.481 e. The van der Waals surface area contributed by atoms with Gasteiger partial charge in [0.05, 0.1) is 72.3 Å². The molecular weight excluding hydrogens is 312 g/mol. The average molecular weight is 338 g/mol. The molecular formula is C14H26O9. The van der Waals surface area contributed by atoms with Crippen LogP contribution in [0.1, 0.15) is 12.8 Å². The van der Waals surface area contributed by atoms with Gasteiger partial charge in [-0.15, -0.1) is 0 Å². The van der Waals surface area contributed by atoms with E-state index in [4.69, 9.17) is 33.9 Å². The number of carboxylic acids is 1. The standard InChI is InChI=1S/C14H26O9/c15-3-6-21-9-7-20-5-2-14(18)23-12-11-22-10-8-19-4-1-13(16)17/h15H,1-12H2,(H,16,17). The van der Waals surface area contributed by atoms with Crippen molar-refractivity contribution in [2.45, 2.75) is 12.8 Å². The molecule has 2 N–H and O–H groups in total. The normalized spacial score (nSPS) is 10.7. The first-order chi connectivity index (χ1) is 11.2. The highest BCUT2D eigenvalue weighted by atomic mass is 16.6. The van der Waals surface area contributed by atoms with Crippen LogP contribution in [0.15, 0.2) is 0 Å². The monoisotopic (exact) mass is 338 g/mol. The van der Waals surface area contributed by atoms with Crippen LogP contribution in [0.3, 0.4) is 0 Å². The molecule has 0 aliphatic carbocycles. The SMILES string of the molecule is O=C(O)CCOCCOCCOC(=O)CCOCCOCCO. The molecule has 0 saturated heterocycles. The Balaban J connectivity index is 3.17. The van der Waals surface area contributed by atoms with Gasteiger partial charge < -0.3 is 33.9 Å². The molecule has 0 radical (unpaired) electrons. The zero-order valence-corrected chi connectivity index (χ0v) is 13.2. The van der Waals surface area contributed by atoms with Gasteiger partial charge in [0.2, 0.25) is 0 Å². The molecule has 0 aliphatic rings. The molecule has 0 aliphatic heterocycles. The number of carbonyl (C=O) groups is 2. The fourth-order valence-electron chi connectivity index (χ4n) is 1.31. The molecule has 0 atom stereocenters. The third-order valence-electron chi connectivity index (χ3n) is 2.38. The first-order valence-electron chi connectivity index (χ1n) is 7.46. The Morgan fingerprint density at radius 1 is 0.652 bits per heavy atom. The van der Waals surface area contributed by atoms with Gasteiger partial charge in [0.15, 0.2) is 0 Å². The van der Waals surface area contributed by atoms with Crippen molar-refractivity contribution in [1.29, 1.82) is 0 Å². The lowest BCUT2D eigenvalue weighted by atomic mass is 10.5. The predicted octanol–water partition coefficient (Wildman–Crippen LogP) is -0.547. The lowest BCUT2D eigenvalue weighted by Crippen LogP contribution is -2.15. The zero-order valence-electron chi connectivity index (χ0n) is 13.2. The molecule has 0 aromatic carbocycles. The van der Waals surface area contributed by atoms with Crippen molar-refractivity contribution in [3.63, 3.8) is 0 Å². The molecule has 9 heteroatoms. The lowest BCUT2D eigenvalue weighted by molar-refractivity contribution is -0.146. The number of hydrogen-bond donors (Lipinski definition) is 2. The third-order valence-corrected chi connectivity index (χ3v) is 2.38. The van der Waals surface area contributed by atoms with E-state index in [-0.39, 0.29) is 58.5 Å². The first kappa shape index (κ1) is 21.7. The molecule has 0 bridgehead atoms. The van der Waals surface area contributed by atoms with E-state index in [1.165, 1.54) is 0 Å². The number of esters is 1. The van der Waals surface area contributed by atoms with Crippen molar-refractivity contribution in [2.24, 2.45) is 0 Å². The molecule has 0 saturated carbocycles. The summed E-state index contributed by atoms with van der Waals surface area (Å²) in [5.74, 6) is -1.28. The molecule has 0 aromatic heterocycles. The summed E-state index contributed by atoms with van der Waals surface area (Å²) in [4.78, 5) is 21.5. The minimum absolute atomic E-state index is 0.0249. The van der Waals surface area contributed by atoms with E-state index in [0.717, 1.165) is 0 Å². The smallest absolute Gasteiger partial charge is 0.308 e. The van der Waals surface area contributed by atoms with Gasteiger partial charge >= 0.3 is 11.9 Å². The van der Waals surface area contributed by atoms with Gasteiger partial charge in [0.25, 0.3) is 0 Å². The molecule has 0 heterocycles. The average Bonchev–Trinajstić information content (AvgIpc) is 2.52. The van der Waals surface area contributed by atoms with Crippen molar-refractivity contribution in [3.05, 3.63) is 0 Å². The van der Waals surface area contributed by atoms with Crippen LogP contribution in [0.5, 0.6) is 0 Å². The van der Waals surface area contributed by atoms with E-state index in [1.54, 1.807) is 0 Å². The quantitative estimate of drug-likeness (QED) is 0.266. The second-order valence-electron chi connectivity index (χ2n) is 4.29. The molecule has 0 amide bonds. The number of carbonyl (C=O) groups excluding carboxylic acids is 1. The van der Waals surface area contributed by atoms with Crippen molar-refractivity contribution in [1.82, 2.24) is 0 Å². The molecule has 9 nitrogen and oxygen atoms in total. The Morgan fingerprint density at radius 2 is 1.13 bits per heavy atom. The highest BCUT2D eigenvalue weighted by Crippen LogP contribution is 1.90. The first-order valence-corrected chi connectivity index (χ1v) is 7.46. The van der Waals surface area contributed by atoms with Gasteiger partial charge in [-0.05, 0) is 0 Å². The molecule has 0 rings (SSSR count). The second kappa shape index (κ2) is 17.1. The lowest BCUT2D eigenvalue weighted by Gasteiger charge is -2.07. The van der Waals surface area contributed by atoms with E-state index in [2.05, 4.69) is 0 Å². The van der Waals surface area contributed by atoms with Crippen molar-refractivity contribution in [3.8, 4) is 0 Å². The van der Waals surface area contributed by atoms with E-state index in [1.807, 2.05) is 0 Å². The maximum absolute atomic E-state index is 11.3. The Bertz CT molecular complexity index is 296. The van der Waals surface area contributed by atoms with Gasteiger partial charge in [0.1, 0.15) is 6.61 Å². The van der Waals surface area contributed by atoms with Crippen LogP contribution in [0.25, 0.3) is 0 Å². The van der Waals surface area contributed by atoms with Gasteiger partial charge in [-0.1, -0.05) is 0 Å². The van der Waals surface area contributed by atoms with E-state index in [0.29, 0.717) is 26.4 Å². The maximum Gasteiger partial charge on any atom is 0.308 e. The van der Waals surface area contributed by atoms with Crippen molar-refractivity contribution < 1.29 is 43.5 Å². The van der Waals surface area contributed by atoms with Crippen LogP contribution in [0.4, 0.5) is 0 Å². The summed E-state index contributed by atoms with van der Waals surface area (Å²) < 4.78 is 25.2. The minimum Gasteiger partial charge on any atom is -0.481 e. The summed E-state index contributed by atoms with van der Waals surface area (Å²) in [6.45, 7) is 2.40. The molecule has 0 fully saturated rings. The summed E-state index contributed by atoms with van der Waals surface area (Å²) in [7, 11) is 0. The van der Waals surface area contributed by atoms with Gasteiger partial charge in [-0.2, -0.15) is 0 Å². The highest BCUT2D eigenvalue weighted by Gasteiger charge is 2.02. The molecule has 0 aromatic rings. The summed E-state index contributed by atoms with van der Waals surface area (Å²) in [6.07, 6.45) is 0.117. The van der Waals surface area contributed by atoms with Crippen LogP contribution < -0.4 is 0 Å². The van der Waals surface area contributed by atoms with Gasteiger partial charge in [-0.3, -0.25) is 9.59 Å². The summed E-state index contributed by atoms with van der Waals surface area (Å²) in [5.41, 5.74) is 0. The number of aliphatic carboxylic acids is 1. The Morgan fingerprint density at radius 3 is 1.70 bits per heavy atom. The van der Waals surface area contributed by atoms with Gasteiger partial charge in [-0.25, -0.2) is 0 Å². The van der Waals surface area contributed by atoms with Crippen LogP contribution in [-0.2, 0) is 33.3 Å². The van der Waals surface area contributed by atoms with E-state index in [9.17, 15) is 9.59 Å².